The van der Waals surface area contributed by atoms with Gasteiger partial charge in [-0.25, -0.2) is 0 Å². The van der Waals surface area contributed by atoms with E-state index in [0.717, 1.165) is 39.4 Å². The first-order valence-electron chi connectivity index (χ1n) is 8.49. The zero-order valence-electron chi connectivity index (χ0n) is 15.0. The molecule has 4 rings (SSSR count). The van der Waals surface area contributed by atoms with Crippen LogP contribution in [0.25, 0.3) is 16.7 Å². The van der Waals surface area contributed by atoms with Crippen LogP contribution in [0.1, 0.15) is 11.1 Å². The Morgan fingerprint density at radius 2 is 1.81 bits per heavy atom. The first-order chi connectivity index (χ1) is 12.6. The summed E-state index contributed by atoms with van der Waals surface area (Å²) in [5.74, 6) is 0.923. The van der Waals surface area contributed by atoms with E-state index in [4.69, 9.17) is 0 Å². The Labute approximate surface area is 152 Å². The summed E-state index contributed by atoms with van der Waals surface area (Å²) in [4.78, 5) is 5.45. The molecule has 0 spiro atoms. The van der Waals surface area contributed by atoms with Gasteiger partial charge in [-0.2, -0.15) is 9.66 Å². The molecular formula is C21H20N5+. The summed E-state index contributed by atoms with van der Waals surface area (Å²) in [5, 5.41) is 13.1. The van der Waals surface area contributed by atoms with Crippen molar-refractivity contribution in [1.29, 1.82) is 5.26 Å². The number of benzene rings is 2. The van der Waals surface area contributed by atoms with Crippen LogP contribution in [0.15, 0.2) is 54.6 Å². The quantitative estimate of drug-likeness (QED) is 0.555. The normalized spacial score (nSPS) is 10.8. The highest BCUT2D eigenvalue weighted by atomic mass is 15.1. The highest BCUT2D eigenvalue weighted by Gasteiger charge is 2.20. The van der Waals surface area contributed by atoms with Crippen LogP contribution in [-0.4, -0.2) is 19.1 Å². The van der Waals surface area contributed by atoms with Gasteiger partial charge in [0.2, 0.25) is 11.5 Å². The fourth-order valence-electron chi connectivity index (χ4n) is 3.26. The second-order valence-electron chi connectivity index (χ2n) is 6.59. The standard InChI is InChI=1S/C21H19N5/c1-14-12-20(23-15-8-10-16(11-9-15)25(2)3)26-19-7-5-4-6-18(19)24-21(26)17(14)13-22/h4-12H,1-3H3,(H,23,24)/p+1. The number of rotatable bonds is 3. The van der Waals surface area contributed by atoms with Gasteiger partial charge in [0.25, 0.3) is 0 Å². The maximum absolute atomic E-state index is 9.60. The molecular weight excluding hydrogens is 322 g/mol. The van der Waals surface area contributed by atoms with Crippen LogP contribution in [-0.2, 0) is 0 Å². The number of hydrogen-bond acceptors (Lipinski definition) is 3. The average Bonchev–Trinajstić information content (AvgIpc) is 3.01. The lowest BCUT2D eigenvalue weighted by Gasteiger charge is -2.12. The second kappa shape index (κ2) is 6.08. The topological polar surface area (TPSA) is 58.9 Å². The smallest absolute Gasteiger partial charge is 0.250 e. The third-order valence-corrected chi connectivity index (χ3v) is 4.61. The van der Waals surface area contributed by atoms with Crippen molar-refractivity contribution in [2.75, 3.05) is 24.3 Å². The number of H-pyrrole nitrogens is 1. The van der Waals surface area contributed by atoms with Gasteiger partial charge in [0.05, 0.1) is 5.69 Å². The zero-order valence-corrected chi connectivity index (χ0v) is 15.0. The maximum Gasteiger partial charge on any atom is 0.250 e. The number of aromatic amines is 1. The van der Waals surface area contributed by atoms with E-state index in [1.165, 1.54) is 0 Å². The monoisotopic (exact) mass is 342 g/mol. The molecule has 0 aliphatic carbocycles. The summed E-state index contributed by atoms with van der Waals surface area (Å²) in [6.45, 7) is 1.96. The average molecular weight is 342 g/mol. The maximum atomic E-state index is 9.60. The Morgan fingerprint density at radius 1 is 1.08 bits per heavy atom. The van der Waals surface area contributed by atoms with Crippen molar-refractivity contribution in [3.8, 4) is 6.07 Å². The van der Waals surface area contributed by atoms with E-state index in [0.29, 0.717) is 5.56 Å². The van der Waals surface area contributed by atoms with Gasteiger partial charge in [0.15, 0.2) is 0 Å². The third-order valence-electron chi connectivity index (χ3n) is 4.61. The number of nitriles is 1. The lowest BCUT2D eigenvalue weighted by Crippen LogP contribution is -2.26. The predicted molar refractivity (Wildman–Crippen MR) is 105 cm³/mol. The van der Waals surface area contributed by atoms with Crippen molar-refractivity contribution in [3.63, 3.8) is 0 Å². The molecule has 0 saturated carbocycles. The van der Waals surface area contributed by atoms with Crippen LogP contribution in [0, 0.1) is 18.3 Å². The number of anilines is 3. The molecule has 0 radical (unpaired) electrons. The number of nitrogens with one attached hydrogen (secondary N) is 2. The number of pyridine rings is 1. The van der Waals surface area contributed by atoms with E-state index in [1.807, 2.05) is 45.3 Å². The molecule has 0 saturated heterocycles. The number of fused-ring (bicyclic) bond motifs is 3. The Kier molecular flexibility index (Phi) is 3.74. The molecule has 2 heterocycles. The van der Waals surface area contributed by atoms with Crippen molar-refractivity contribution in [2.45, 2.75) is 6.92 Å². The Hall–Kier alpha value is -3.52. The van der Waals surface area contributed by atoms with Gasteiger partial charge >= 0.3 is 0 Å². The van der Waals surface area contributed by atoms with Crippen molar-refractivity contribution < 1.29 is 4.40 Å². The molecule has 0 unspecified atom stereocenters. The number of hydrogen-bond donors (Lipinski definition) is 2. The van der Waals surface area contributed by atoms with Crippen molar-refractivity contribution >= 4 is 33.9 Å². The molecule has 0 fully saturated rings. The second-order valence-corrected chi connectivity index (χ2v) is 6.59. The summed E-state index contributed by atoms with van der Waals surface area (Å²) in [6, 6.07) is 20.7. The highest BCUT2D eigenvalue weighted by Crippen LogP contribution is 2.23. The molecule has 0 aliphatic heterocycles. The SMILES string of the molecule is Cc1cc(Nc2ccc(N(C)C)cc2)[n+]2c([nH]c3ccccc32)c1C#N. The van der Waals surface area contributed by atoms with E-state index in [-0.39, 0.29) is 0 Å². The Bertz CT molecular complexity index is 1150. The molecule has 4 aromatic rings. The van der Waals surface area contributed by atoms with E-state index in [1.54, 1.807) is 0 Å². The van der Waals surface area contributed by atoms with Crippen LogP contribution in [0.5, 0.6) is 0 Å². The van der Waals surface area contributed by atoms with Gasteiger partial charge in [-0.05, 0) is 48.9 Å². The van der Waals surface area contributed by atoms with E-state index < -0.39 is 0 Å². The molecule has 5 heteroatoms. The number of aryl methyl sites for hydroxylation is 1. The molecule has 0 amide bonds. The Morgan fingerprint density at radius 3 is 2.50 bits per heavy atom. The highest BCUT2D eigenvalue weighted by molar-refractivity contribution is 5.77. The van der Waals surface area contributed by atoms with Crippen molar-refractivity contribution in [1.82, 2.24) is 4.98 Å². The molecule has 2 N–H and O–H groups in total. The predicted octanol–water partition coefficient (Wildman–Crippen LogP) is 3.90. The third kappa shape index (κ3) is 2.52. The van der Waals surface area contributed by atoms with Crippen LogP contribution < -0.4 is 14.6 Å². The van der Waals surface area contributed by atoms with Crippen molar-refractivity contribution in [2.24, 2.45) is 0 Å². The van der Waals surface area contributed by atoms with Gasteiger partial charge in [-0.3, -0.25) is 10.3 Å². The van der Waals surface area contributed by atoms with E-state index in [2.05, 4.69) is 56.0 Å². The molecule has 0 aliphatic rings. The molecule has 2 aromatic heterocycles. The number of para-hydroxylation sites is 2. The van der Waals surface area contributed by atoms with E-state index in [9.17, 15) is 5.26 Å². The van der Waals surface area contributed by atoms with Crippen LogP contribution >= 0.6 is 0 Å². The summed E-state index contributed by atoms with van der Waals surface area (Å²) in [6.07, 6.45) is 0. The van der Waals surface area contributed by atoms with Crippen LogP contribution in [0.2, 0.25) is 0 Å². The van der Waals surface area contributed by atoms with Gasteiger partial charge in [0, 0.05) is 25.8 Å². The van der Waals surface area contributed by atoms with Gasteiger partial charge in [0.1, 0.15) is 22.7 Å². The number of imidazole rings is 1. The minimum absolute atomic E-state index is 0.662. The number of aromatic nitrogens is 2. The number of nitrogens with zero attached hydrogens (tertiary/aromatic N) is 3. The van der Waals surface area contributed by atoms with Crippen LogP contribution in [0.4, 0.5) is 17.2 Å². The molecule has 128 valence electrons. The van der Waals surface area contributed by atoms with Gasteiger partial charge in [-0.1, -0.05) is 12.1 Å². The first kappa shape index (κ1) is 16.0. The molecule has 0 atom stereocenters. The van der Waals surface area contributed by atoms with E-state index >= 15 is 0 Å². The summed E-state index contributed by atoms with van der Waals surface area (Å²) in [5.41, 5.74) is 6.59. The summed E-state index contributed by atoms with van der Waals surface area (Å²) in [7, 11) is 4.05. The summed E-state index contributed by atoms with van der Waals surface area (Å²) < 4.78 is 2.07. The first-order valence-corrected chi connectivity index (χ1v) is 8.49. The molecule has 0 bridgehead atoms. The molecule has 5 nitrogen and oxygen atoms in total. The fourth-order valence-corrected chi connectivity index (χ4v) is 3.26. The lowest BCUT2D eigenvalue weighted by molar-refractivity contribution is -0.464. The lowest BCUT2D eigenvalue weighted by atomic mass is 10.1. The fraction of sp³-hybridized carbons (Fsp3) is 0.143. The van der Waals surface area contributed by atoms with Crippen molar-refractivity contribution in [3.05, 3.63) is 65.7 Å². The molecule has 2 aromatic carbocycles. The van der Waals surface area contributed by atoms with Gasteiger partial charge in [-0.15, -0.1) is 0 Å². The molecule has 26 heavy (non-hydrogen) atoms. The minimum Gasteiger partial charge on any atom is -0.378 e. The van der Waals surface area contributed by atoms with Crippen LogP contribution in [0.3, 0.4) is 0 Å². The largest absolute Gasteiger partial charge is 0.378 e. The summed E-state index contributed by atoms with van der Waals surface area (Å²) >= 11 is 0. The zero-order chi connectivity index (χ0) is 18.3. The Balaban J connectivity index is 1.90. The minimum atomic E-state index is 0.662. The van der Waals surface area contributed by atoms with Gasteiger partial charge < -0.3 is 4.90 Å².